The average Bonchev–Trinajstić information content (AvgIpc) is 2.95. The van der Waals surface area contributed by atoms with Crippen molar-refractivity contribution in [2.75, 3.05) is 0 Å². The highest BCUT2D eigenvalue weighted by atomic mass is 16.7. The molecule has 3 aliphatic heterocycles. The minimum atomic E-state index is -1.56. The molecule has 3 aliphatic rings. The predicted octanol–water partition coefficient (Wildman–Crippen LogP) is 1.96. The van der Waals surface area contributed by atoms with Crippen LogP contribution >= 0.6 is 0 Å². The van der Waals surface area contributed by atoms with Gasteiger partial charge in [-0.15, -0.1) is 0 Å². The van der Waals surface area contributed by atoms with Gasteiger partial charge in [0, 0.05) is 17.6 Å². The molecule has 5 atom stereocenters. The van der Waals surface area contributed by atoms with Crippen LogP contribution in [0.3, 0.4) is 0 Å². The summed E-state index contributed by atoms with van der Waals surface area (Å²) in [5, 5.41) is 10.6. The number of rotatable bonds is 2. The zero-order valence-corrected chi connectivity index (χ0v) is 14.6. The summed E-state index contributed by atoms with van der Waals surface area (Å²) in [6, 6.07) is 0. The fourth-order valence-corrected chi connectivity index (χ4v) is 3.64. The molecule has 25 heavy (non-hydrogen) atoms. The SMILES string of the molecule is C=C(C)C(=O)OC1CC(C)=CC2(O)C=C(C)C(O2)C2OC(=O)C(=C)C12. The summed E-state index contributed by atoms with van der Waals surface area (Å²) in [5.41, 5.74) is 2.02. The molecule has 0 aliphatic carbocycles. The smallest absolute Gasteiger partial charge is 0.334 e. The van der Waals surface area contributed by atoms with E-state index in [9.17, 15) is 14.7 Å². The van der Waals surface area contributed by atoms with Gasteiger partial charge in [-0.3, -0.25) is 0 Å². The van der Waals surface area contributed by atoms with Crippen LogP contribution in [-0.2, 0) is 23.8 Å². The van der Waals surface area contributed by atoms with E-state index >= 15 is 0 Å². The summed E-state index contributed by atoms with van der Waals surface area (Å²) in [5.74, 6) is -3.21. The maximum absolute atomic E-state index is 12.1. The molecule has 0 radical (unpaired) electrons. The van der Waals surface area contributed by atoms with Gasteiger partial charge in [0.2, 0.25) is 5.79 Å². The van der Waals surface area contributed by atoms with Crippen LogP contribution in [-0.4, -0.2) is 41.1 Å². The molecule has 6 heteroatoms. The van der Waals surface area contributed by atoms with Gasteiger partial charge in [-0.2, -0.15) is 0 Å². The minimum absolute atomic E-state index is 0.242. The van der Waals surface area contributed by atoms with Crippen LogP contribution in [0.1, 0.15) is 27.2 Å². The third-order valence-electron chi connectivity index (χ3n) is 4.74. The largest absolute Gasteiger partial charge is 0.458 e. The molecule has 5 unspecified atom stereocenters. The number of carbonyl (C=O) groups is 2. The highest BCUT2D eigenvalue weighted by Gasteiger charge is 2.53. The molecule has 3 rings (SSSR count). The first-order chi connectivity index (χ1) is 11.6. The van der Waals surface area contributed by atoms with Crippen molar-refractivity contribution in [2.24, 2.45) is 5.92 Å². The van der Waals surface area contributed by atoms with E-state index < -0.39 is 42.0 Å². The Bertz CT molecular complexity index is 730. The predicted molar refractivity (Wildman–Crippen MR) is 89.2 cm³/mol. The van der Waals surface area contributed by atoms with Gasteiger partial charge in [0.25, 0.3) is 0 Å². The Labute approximate surface area is 146 Å². The van der Waals surface area contributed by atoms with Crippen LogP contribution in [0.15, 0.2) is 47.6 Å². The van der Waals surface area contributed by atoms with E-state index in [1.165, 1.54) is 0 Å². The molecular formula is C19H22O6. The number of aliphatic hydroxyl groups is 1. The van der Waals surface area contributed by atoms with Crippen molar-refractivity contribution in [1.82, 2.24) is 0 Å². The van der Waals surface area contributed by atoms with Crippen LogP contribution in [0.5, 0.6) is 0 Å². The monoisotopic (exact) mass is 346 g/mol. The van der Waals surface area contributed by atoms with Gasteiger partial charge in [-0.05, 0) is 38.5 Å². The highest BCUT2D eigenvalue weighted by Crippen LogP contribution is 2.43. The van der Waals surface area contributed by atoms with E-state index in [4.69, 9.17) is 14.2 Å². The normalized spacial score (nSPS) is 37.1. The van der Waals surface area contributed by atoms with Gasteiger partial charge in [0.1, 0.15) is 18.3 Å². The van der Waals surface area contributed by atoms with Crippen molar-refractivity contribution < 1.29 is 28.9 Å². The number of hydrogen-bond acceptors (Lipinski definition) is 6. The lowest BCUT2D eigenvalue weighted by Gasteiger charge is -2.30. The Morgan fingerprint density at radius 1 is 1.40 bits per heavy atom. The number of fused-ring (bicyclic) bond motifs is 4. The van der Waals surface area contributed by atoms with Gasteiger partial charge in [0.05, 0.1) is 5.92 Å². The average molecular weight is 346 g/mol. The molecule has 1 saturated heterocycles. The molecule has 0 saturated carbocycles. The molecule has 0 aromatic heterocycles. The molecule has 1 N–H and O–H groups in total. The second kappa shape index (κ2) is 5.97. The summed E-state index contributed by atoms with van der Waals surface area (Å²) >= 11 is 0. The fourth-order valence-electron chi connectivity index (χ4n) is 3.64. The number of hydrogen-bond donors (Lipinski definition) is 1. The Morgan fingerprint density at radius 2 is 2.08 bits per heavy atom. The Hall–Kier alpha value is -2.18. The third-order valence-corrected chi connectivity index (χ3v) is 4.74. The van der Waals surface area contributed by atoms with E-state index in [1.54, 1.807) is 32.9 Å². The van der Waals surface area contributed by atoms with E-state index in [2.05, 4.69) is 13.2 Å². The zero-order valence-electron chi connectivity index (χ0n) is 14.6. The van der Waals surface area contributed by atoms with Gasteiger partial charge in [-0.1, -0.05) is 18.7 Å². The van der Waals surface area contributed by atoms with Crippen molar-refractivity contribution in [2.45, 2.75) is 51.3 Å². The highest BCUT2D eigenvalue weighted by molar-refractivity contribution is 5.91. The van der Waals surface area contributed by atoms with Crippen LogP contribution < -0.4 is 0 Å². The van der Waals surface area contributed by atoms with E-state index in [-0.39, 0.29) is 11.1 Å². The molecule has 6 nitrogen and oxygen atoms in total. The van der Waals surface area contributed by atoms with Gasteiger partial charge >= 0.3 is 11.9 Å². The molecule has 1 fully saturated rings. The molecule has 134 valence electrons. The first-order valence-corrected chi connectivity index (χ1v) is 8.15. The summed E-state index contributed by atoms with van der Waals surface area (Å²) in [7, 11) is 0. The Morgan fingerprint density at radius 3 is 2.72 bits per heavy atom. The van der Waals surface area contributed by atoms with Crippen LogP contribution in [0, 0.1) is 5.92 Å². The lowest BCUT2D eigenvalue weighted by Crippen LogP contribution is -2.41. The minimum Gasteiger partial charge on any atom is -0.458 e. The Balaban J connectivity index is 2.05. The molecule has 0 aromatic carbocycles. The van der Waals surface area contributed by atoms with Crippen LogP contribution in [0.25, 0.3) is 0 Å². The lowest BCUT2D eigenvalue weighted by atomic mass is 9.83. The van der Waals surface area contributed by atoms with E-state index in [1.807, 2.05) is 0 Å². The van der Waals surface area contributed by atoms with Gasteiger partial charge < -0.3 is 19.3 Å². The number of carbonyl (C=O) groups excluding carboxylic acids is 2. The van der Waals surface area contributed by atoms with Crippen LogP contribution in [0.2, 0.25) is 0 Å². The maximum Gasteiger partial charge on any atom is 0.334 e. The van der Waals surface area contributed by atoms with Crippen molar-refractivity contribution in [1.29, 1.82) is 0 Å². The number of ether oxygens (including phenoxy) is 3. The first kappa shape index (κ1) is 17.6. The second-order valence-corrected chi connectivity index (χ2v) is 7.02. The molecular weight excluding hydrogens is 324 g/mol. The zero-order chi connectivity index (χ0) is 18.5. The van der Waals surface area contributed by atoms with Gasteiger partial charge in [-0.25, -0.2) is 9.59 Å². The second-order valence-electron chi connectivity index (χ2n) is 7.02. The number of esters is 2. The molecule has 3 heterocycles. The molecule has 0 aromatic rings. The fraction of sp³-hybridized carbons (Fsp3) is 0.474. The quantitative estimate of drug-likeness (QED) is 0.468. The summed E-state index contributed by atoms with van der Waals surface area (Å²) in [6.45, 7) is 12.6. The third kappa shape index (κ3) is 3.07. The van der Waals surface area contributed by atoms with E-state index in [0.717, 1.165) is 11.1 Å². The summed E-state index contributed by atoms with van der Waals surface area (Å²) in [4.78, 5) is 24.2. The van der Waals surface area contributed by atoms with Crippen LogP contribution in [0.4, 0.5) is 0 Å². The molecule has 0 spiro atoms. The van der Waals surface area contributed by atoms with Crippen molar-refractivity contribution in [3.63, 3.8) is 0 Å². The van der Waals surface area contributed by atoms with Crippen molar-refractivity contribution in [3.05, 3.63) is 47.6 Å². The van der Waals surface area contributed by atoms with Crippen molar-refractivity contribution >= 4 is 11.9 Å². The molecule has 2 bridgehead atoms. The molecule has 0 amide bonds. The summed E-state index contributed by atoms with van der Waals surface area (Å²) < 4.78 is 16.8. The first-order valence-electron chi connectivity index (χ1n) is 8.15. The van der Waals surface area contributed by atoms with Crippen molar-refractivity contribution in [3.8, 4) is 0 Å². The van der Waals surface area contributed by atoms with Gasteiger partial charge in [0.15, 0.2) is 0 Å². The summed E-state index contributed by atoms with van der Waals surface area (Å²) in [6.07, 6.45) is 1.50. The van der Waals surface area contributed by atoms with E-state index in [0.29, 0.717) is 6.42 Å². The topological polar surface area (TPSA) is 82.1 Å². The Kier molecular flexibility index (Phi) is 4.21. The lowest BCUT2D eigenvalue weighted by molar-refractivity contribution is -0.178. The standard InChI is InChI=1S/C19H22O6/c1-9(2)17(20)23-13-6-10(3)7-19(22)8-11(4)15(25-19)16-14(13)12(5)18(21)24-16/h7-8,13-16,22H,1,5-6H2,2-4H3. The maximum atomic E-state index is 12.1.